The van der Waals surface area contributed by atoms with Gasteiger partial charge in [0.05, 0.1) is 18.6 Å². The molecule has 0 spiro atoms. The molecule has 0 unspecified atom stereocenters. The van der Waals surface area contributed by atoms with Crippen molar-refractivity contribution in [3.05, 3.63) is 52.1 Å². The highest BCUT2D eigenvalue weighted by molar-refractivity contribution is 7.89. The molecule has 0 atom stereocenters. The number of benzene rings is 2. The van der Waals surface area contributed by atoms with E-state index in [4.69, 9.17) is 9.47 Å². The predicted octanol–water partition coefficient (Wildman–Crippen LogP) is 3.47. The summed E-state index contributed by atoms with van der Waals surface area (Å²) in [6.07, 6.45) is 0. The SMILES string of the molecule is CCOc1ccc(C(=O)N2CCN(S(=O)(=O)c3c(C)c(C)cc(C)c3C)CC2)cc1OC. The van der Waals surface area contributed by atoms with E-state index in [1.165, 1.54) is 11.4 Å². The summed E-state index contributed by atoms with van der Waals surface area (Å²) in [5.74, 6) is 0.934. The number of aryl methyl sites for hydroxylation is 2. The minimum atomic E-state index is -3.65. The molecule has 2 aromatic carbocycles. The van der Waals surface area contributed by atoms with E-state index in [0.717, 1.165) is 22.3 Å². The third-order valence-electron chi connectivity index (χ3n) is 6.13. The molecule has 174 valence electrons. The van der Waals surface area contributed by atoms with Crippen molar-refractivity contribution in [2.45, 2.75) is 39.5 Å². The minimum Gasteiger partial charge on any atom is -0.493 e. The first-order valence-electron chi connectivity index (χ1n) is 10.8. The molecule has 3 rings (SSSR count). The Morgan fingerprint density at radius 2 is 1.53 bits per heavy atom. The van der Waals surface area contributed by atoms with E-state index in [-0.39, 0.29) is 19.0 Å². The van der Waals surface area contributed by atoms with Crippen molar-refractivity contribution in [2.24, 2.45) is 0 Å². The van der Waals surface area contributed by atoms with Gasteiger partial charge in [0.2, 0.25) is 10.0 Å². The van der Waals surface area contributed by atoms with E-state index in [0.29, 0.717) is 41.7 Å². The second-order valence-corrected chi connectivity index (χ2v) is 9.96. The summed E-state index contributed by atoms with van der Waals surface area (Å²) in [7, 11) is -2.11. The molecular formula is C24H32N2O5S. The lowest BCUT2D eigenvalue weighted by atomic mass is 10.0. The summed E-state index contributed by atoms with van der Waals surface area (Å²) in [5, 5.41) is 0. The Kier molecular flexibility index (Phi) is 7.15. The Balaban J connectivity index is 1.77. The lowest BCUT2D eigenvalue weighted by molar-refractivity contribution is 0.0697. The van der Waals surface area contributed by atoms with Crippen LogP contribution in [0, 0.1) is 27.7 Å². The predicted molar refractivity (Wildman–Crippen MR) is 124 cm³/mol. The zero-order valence-corrected chi connectivity index (χ0v) is 20.5. The number of hydrogen-bond donors (Lipinski definition) is 0. The van der Waals surface area contributed by atoms with Crippen LogP contribution in [-0.4, -0.2) is 63.4 Å². The van der Waals surface area contributed by atoms with Crippen LogP contribution in [0.1, 0.15) is 39.5 Å². The molecule has 1 saturated heterocycles. The van der Waals surface area contributed by atoms with Gasteiger partial charge in [-0.2, -0.15) is 4.31 Å². The van der Waals surface area contributed by atoms with E-state index >= 15 is 0 Å². The van der Waals surface area contributed by atoms with Gasteiger partial charge in [0.25, 0.3) is 5.91 Å². The normalized spacial score (nSPS) is 15.0. The second-order valence-electron chi connectivity index (χ2n) is 8.08. The highest BCUT2D eigenvalue weighted by Crippen LogP contribution is 2.31. The van der Waals surface area contributed by atoms with Crippen molar-refractivity contribution in [1.29, 1.82) is 0 Å². The van der Waals surface area contributed by atoms with Crippen LogP contribution in [0.3, 0.4) is 0 Å². The molecule has 1 heterocycles. The molecule has 1 aliphatic rings. The third kappa shape index (κ3) is 4.47. The average Bonchev–Trinajstić information content (AvgIpc) is 2.78. The number of nitrogens with zero attached hydrogens (tertiary/aromatic N) is 2. The smallest absolute Gasteiger partial charge is 0.254 e. The molecule has 0 saturated carbocycles. The Morgan fingerprint density at radius 1 is 0.938 bits per heavy atom. The van der Waals surface area contributed by atoms with Crippen molar-refractivity contribution < 1.29 is 22.7 Å². The lowest BCUT2D eigenvalue weighted by Crippen LogP contribution is -2.50. The molecule has 0 aromatic heterocycles. The Labute approximate surface area is 191 Å². The highest BCUT2D eigenvalue weighted by Gasteiger charge is 2.33. The minimum absolute atomic E-state index is 0.151. The first-order valence-corrected chi connectivity index (χ1v) is 12.2. The lowest BCUT2D eigenvalue weighted by Gasteiger charge is -2.35. The van der Waals surface area contributed by atoms with Crippen molar-refractivity contribution in [2.75, 3.05) is 39.9 Å². The van der Waals surface area contributed by atoms with Gasteiger partial charge in [0, 0.05) is 31.7 Å². The summed E-state index contributed by atoms with van der Waals surface area (Å²) < 4.78 is 39.3. The van der Waals surface area contributed by atoms with Gasteiger partial charge in [0.15, 0.2) is 11.5 Å². The second kappa shape index (κ2) is 9.50. The van der Waals surface area contributed by atoms with E-state index < -0.39 is 10.0 Å². The van der Waals surface area contributed by atoms with Gasteiger partial charge in [-0.15, -0.1) is 0 Å². The van der Waals surface area contributed by atoms with Gasteiger partial charge in [0.1, 0.15) is 0 Å². The van der Waals surface area contributed by atoms with E-state index in [9.17, 15) is 13.2 Å². The maximum Gasteiger partial charge on any atom is 0.254 e. The van der Waals surface area contributed by atoms with Crippen LogP contribution >= 0.6 is 0 Å². The van der Waals surface area contributed by atoms with Crippen LogP contribution in [0.25, 0.3) is 0 Å². The van der Waals surface area contributed by atoms with Crippen LogP contribution in [0.5, 0.6) is 11.5 Å². The first-order chi connectivity index (χ1) is 15.1. The zero-order valence-electron chi connectivity index (χ0n) is 19.7. The standard InChI is InChI=1S/C24H32N2O5S/c1-7-31-21-9-8-20(15-22(21)30-6)24(27)25-10-12-26(13-11-25)32(28,29)23-18(4)16(2)14-17(3)19(23)5/h8-9,14-15H,7,10-13H2,1-6H3. The number of ether oxygens (including phenoxy) is 2. The largest absolute Gasteiger partial charge is 0.493 e. The quantitative estimate of drug-likeness (QED) is 0.660. The molecule has 7 nitrogen and oxygen atoms in total. The van der Waals surface area contributed by atoms with Crippen molar-refractivity contribution in [3.8, 4) is 11.5 Å². The molecule has 32 heavy (non-hydrogen) atoms. The summed E-state index contributed by atoms with van der Waals surface area (Å²) in [6, 6.07) is 7.12. The molecule has 1 amide bonds. The average molecular weight is 461 g/mol. The van der Waals surface area contributed by atoms with Crippen LogP contribution in [-0.2, 0) is 10.0 Å². The Hall–Kier alpha value is -2.58. The van der Waals surface area contributed by atoms with Gasteiger partial charge in [-0.1, -0.05) is 6.07 Å². The number of sulfonamides is 1. The first kappa shape index (κ1) is 24.1. The number of hydrogen-bond acceptors (Lipinski definition) is 5. The van der Waals surface area contributed by atoms with E-state index in [1.54, 1.807) is 23.1 Å². The summed E-state index contributed by atoms with van der Waals surface area (Å²) in [5.41, 5.74) is 3.98. The fourth-order valence-electron chi connectivity index (χ4n) is 4.09. The fourth-order valence-corrected chi connectivity index (χ4v) is 6.08. The van der Waals surface area contributed by atoms with Crippen LogP contribution in [0.2, 0.25) is 0 Å². The van der Waals surface area contributed by atoms with Crippen molar-refractivity contribution in [3.63, 3.8) is 0 Å². The number of methoxy groups -OCH3 is 1. The third-order valence-corrected chi connectivity index (χ3v) is 8.30. The van der Waals surface area contributed by atoms with Gasteiger partial charge in [-0.3, -0.25) is 4.79 Å². The molecular weight excluding hydrogens is 428 g/mol. The fraction of sp³-hybridized carbons (Fsp3) is 0.458. The summed E-state index contributed by atoms with van der Waals surface area (Å²) >= 11 is 0. The van der Waals surface area contributed by atoms with E-state index in [2.05, 4.69) is 0 Å². The molecule has 0 aliphatic carbocycles. The van der Waals surface area contributed by atoms with Crippen molar-refractivity contribution >= 4 is 15.9 Å². The number of amides is 1. The Bertz CT molecular complexity index is 1090. The molecule has 0 N–H and O–H groups in total. The number of piperazine rings is 1. The topological polar surface area (TPSA) is 76.2 Å². The van der Waals surface area contributed by atoms with Gasteiger partial charge in [-0.05, 0) is 75.1 Å². The Morgan fingerprint density at radius 3 is 2.06 bits per heavy atom. The molecule has 8 heteroatoms. The number of carbonyl (C=O) groups excluding carboxylic acids is 1. The van der Waals surface area contributed by atoms with Gasteiger partial charge >= 0.3 is 0 Å². The molecule has 2 aromatic rings. The number of rotatable bonds is 6. The highest BCUT2D eigenvalue weighted by atomic mass is 32.2. The number of carbonyl (C=O) groups is 1. The van der Waals surface area contributed by atoms with Crippen LogP contribution in [0.15, 0.2) is 29.2 Å². The maximum atomic E-state index is 13.5. The van der Waals surface area contributed by atoms with Crippen LogP contribution in [0.4, 0.5) is 0 Å². The zero-order chi connectivity index (χ0) is 23.6. The monoisotopic (exact) mass is 460 g/mol. The summed E-state index contributed by atoms with van der Waals surface area (Å²) in [4.78, 5) is 15.1. The van der Waals surface area contributed by atoms with Gasteiger partial charge < -0.3 is 14.4 Å². The van der Waals surface area contributed by atoms with Crippen LogP contribution < -0.4 is 9.47 Å². The van der Waals surface area contributed by atoms with Crippen molar-refractivity contribution in [1.82, 2.24) is 9.21 Å². The van der Waals surface area contributed by atoms with E-state index in [1.807, 2.05) is 40.7 Å². The molecule has 0 bridgehead atoms. The van der Waals surface area contributed by atoms with Gasteiger partial charge in [-0.25, -0.2) is 8.42 Å². The molecule has 0 radical (unpaired) electrons. The molecule has 1 aliphatic heterocycles. The summed E-state index contributed by atoms with van der Waals surface area (Å²) in [6.45, 7) is 11.1. The molecule has 1 fully saturated rings. The maximum absolute atomic E-state index is 13.5.